The largest absolute Gasteiger partial charge is 0.323 e. The lowest BCUT2D eigenvalue weighted by Crippen LogP contribution is -2.21. The Balaban J connectivity index is 1.51. The second kappa shape index (κ2) is 8.96. The van der Waals surface area contributed by atoms with Gasteiger partial charge in [-0.05, 0) is 49.2 Å². The molecule has 4 nitrogen and oxygen atoms in total. The molecule has 0 radical (unpaired) electrons. The highest BCUT2D eigenvalue weighted by Crippen LogP contribution is 2.45. The van der Waals surface area contributed by atoms with E-state index >= 15 is 0 Å². The zero-order valence-corrected chi connectivity index (χ0v) is 17.9. The predicted octanol–water partition coefficient (Wildman–Crippen LogP) is 6.79. The van der Waals surface area contributed by atoms with Crippen LogP contribution in [-0.2, 0) is 11.3 Å². The maximum absolute atomic E-state index is 13.2. The van der Waals surface area contributed by atoms with Crippen LogP contribution in [-0.4, -0.2) is 15.7 Å². The van der Waals surface area contributed by atoms with E-state index in [1.165, 1.54) is 16.4 Å². The van der Waals surface area contributed by atoms with Gasteiger partial charge in [0, 0.05) is 20.7 Å². The van der Waals surface area contributed by atoms with E-state index in [0.717, 1.165) is 22.6 Å². The fourth-order valence-electron chi connectivity index (χ4n) is 3.09. The summed E-state index contributed by atoms with van der Waals surface area (Å²) in [7, 11) is 0. The van der Waals surface area contributed by atoms with Crippen molar-refractivity contribution >= 4 is 46.6 Å². The second-order valence-electron chi connectivity index (χ2n) is 6.92. The van der Waals surface area contributed by atoms with Crippen molar-refractivity contribution in [2.24, 2.45) is 0 Å². The number of carbonyl (C=O) groups excluding carboxylic acids is 1. The molecule has 0 unspecified atom stereocenters. The van der Waals surface area contributed by atoms with Gasteiger partial charge in [-0.3, -0.25) is 9.48 Å². The number of carbonyl (C=O) groups is 1. The van der Waals surface area contributed by atoms with E-state index in [0.29, 0.717) is 16.4 Å². The standard InChI is InChI=1S/C21H17Cl2F2N3OS/c22-13-7-9-14(10-8-13)30-16-4-2-1-3-15(16)26-17(29)11-28-20(12-5-6-12)18(23)19(27-28)21(24)25/h1-4,7-10,12,21H,5-6,11H2,(H,26,29). The Morgan fingerprint density at radius 3 is 2.53 bits per heavy atom. The topological polar surface area (TPSA) is 46.9 Å². The van der Waals surface area contributed by atoms with Crippen LogP contribution in [0.15, 0.2) is 58.3 Å². The summed E-state index contributed by atoms with van der Waals surface area (Å²) < 4.78 is 27.7. The number of hydrogen-bond acceptors (Lipinski definition) is 3. The van der Waals surface area contributed by atoms with Gasteiger partial charge in [0.1, 0.15) is 12.2 Å². The number of benzene rings is 2. The summed E-state index contributed by atoms with van der Waals surface area (Å²) in [6, 6.07) is 14.8. The molecule has 0 aliphatic heterocycles. The van der Waals surface area contributed by atoms with Crippen molar-refractivity contribution in [3.63, 3.8) is 0 Å². The molecular formula is C21H17Cl2F2N3OS. The van der Waals surface area contributed by atoms with Crippen LogP contribution >= 0.6 is 35.0 Å². The van der Waals surface area contributed by atoms with Crippen LogP contribution in [0.2, 0.25) is 10.0 Å². The lowest BCUT2D eigenvalue weighted by atomic mass is 10.2. The van der Waals surface area contributed by atoms with Gasteiger partial charge >= 0.3 is 0 Å². The van der Waals surface area contributed by atoms with Gasteiger partial charge in [0.25, 0.3) is 6.43 Å². The number of alkyl halides is 2. The monoisotopic (exact) mass is 467 g/mol. The van der Waals surface area contributed by atoms with Gasteiger partial charge in [-0.15, -0.1) is 0 Å². The molecule has 156 valence electrons. The zero-order valence-electron chi connectivity index (χ0n) is 15.6. The van der Waals surface area contributed by atoms with Gasteiger partial charge < -0.3 is 5.32 Å². The molecule has 0 saturated heterocycles. The van der Waals surface area contributed by atoms with Gasteiger partial charge in [-0.1, -0.05) is 47.1 Å². The molecule has 4 rings (SSSR count). The van der Waals surface area contributed by atoms with Crippen LogP contribution in [0.3, 0.4) is 0 Å². The predicted molar refractivity (Wildman–Crippen MR) is 115 cm³/mol. The van der Waals surface area contributed by atoms with Crippen LogP contribution in [0, 0.1) is 0 Å². The lowest BCUT2D eigenvalue weighted by molar-refractivity contribution is -0.117. The highest BCUT2D eigenvalue weighted by molar-refractivity contribution is 7.99. The van der Waals surface area contributed by atoms with Gasteiger partial charge in [0.2, 0.25) is 5.91 Å². The molecule has 0 spiro atoms. The molecule has 1 aliphatic carbocycles. The first-order chi connectivity index (χ1) is 14.4. The van der Waals surface area contributed by atoms with Crippen LogP contribution in [0.1, 0.15) is 36.6 Å². The van der Waals surface area contributed by atoms with Crippen LogP contribution in [0.5, 0.6) is 0 Å². The minimum atomic E-state index is -2.78. The van der Waals surface area contributed by atoms with Crippen molar-refractivity contribution in [2.45, 2.75) is 41.5 Å². The smallest absolute Gasteiger partial charge is 0.283 e. The summed E-state index contributed by atoms with van der Waals surface area (Å²) >= 11 is 13.5. The number of nitrogens with one attached hydrogen (secondary N) is 1. The molecule has 9 heteroatoms. The van der Waals surface area contributed by atoms with E-state index in [1.54, 1.807) is 18.2 Å². The Morgan fingerprint density at radius 1 is 1.17 bits per heavy atom. The van der Waals surface area contributed by atoms with E-state index in [4.69, 9.17) is 23.2 Å². The molecule has 1 fully saturated rings. The van der Waals surface area contributed by atoms with E-state index in [2.05, 4.69) is 10.4 Å². The average Bonchev–Trinajstić information content (AvgIpc) is 3.48. The summed E-state index contributed by atoms with van der Waals surface area (Å²) in [5.41, 5.74) is 0.679. The third-order valence-electron chi connectivity index (χ3n) is 4.62. The summed E-state index contributed by atoms with van der Waals surface area (Å²) in [5, 5.41) is 7.38. The Kier molecular flexibility index (Phi) is 6.32. The van der Waals surface area contributed by atoms with Crippen LogP contribution in [0.25, 0.3) is 0 Å². The summed E-state index contributed by atoms with van der Waals surface area (Å²) in [5.74, 6) is -0.279. The average molecular weight is 468 g/mol. The molecule has 0 bridgehead atoms. The third-order valence-corrected chi connectivity index (χ3v) is 6.35. The maximum atomic E-state index is 13.2. The second-order valence-corrected chi connectivity index (χ2v) is 8.85. The number of anilines is 1. The van der Waals surface area contributed by atoms with Crippen molar-refractivity contribution in [1.29, 1.82) is 0 Å². The minimum Gasteiger partial charge on any atom is -0.323 e. The van der Waals surface area contributed by atoms with Gasteiger partial charge in [0.15, 0.2) is 0 Å². The molecule has 1 amide bonds. The fourth-order valence-corrected chi connectivity index (χ4v) is 4.49. The highest BCUT2D eigenvalue weighted by atomic mass is 35.5. The Labute approximate surface area is 186 Å². The number of aromatic nitrogens is 2. The number of halogens is 4. The van der Waals surface area contributed by atoms with Crippen molar-refractivity contribution in [1.82, 2.24) is 9.78 Å². The van der Waals surface area contributed by atoms with Gasteiger partial charge in [-0.25, -0.2) is 8.78 Å². The zero-order chi connectivity index (χ0) is 21.3. The quantitative estimate of drug-likeness (QED) is 0.415. The molecule has 1 aromatic heterocycles. The SMILES string of the molecule is O=C(Cn1nc(C(F)F)c(Cl)c1C1CC1)Nc1ccccc1Sc1ccc(Cl)cc1. The molecule has 1 heterocycles. The molecular weight excluding hydrogens is 451 g/mol. The highest BCUT2D eigenvalue weighted by Gasteiger charge is 2.34. The number of nitrogens with zero attached hydrogens (tertiary/aromatic N) is 2. The molecule has 3 aromatic rings. The number of para-hydroxylation sites is 1. The molecule has 2 aromatic carbocycles. The van der Waals surface area contributed by atoms with Gasteiger partial charge in [-0.2, -0.15) is 5.10 Å². The molecule has 30 heavy (non-hydrogen) atoms. The Hall–Kier alpha value is -2.09. The summed E-state index contributed by atoms with van der Waals surface area (Å²) in [6.07, 6.45) is -1.07. The first-order valence-corrected chi connectivity index (χ1v) is 10.9. The fraction of sp³-hybridized carbons (Fsp3) is 0.238. The molecule has 1 aliphatic rings. The van der Waals surface area contributed by atoms with Crippen molar-refractivity contribution in [2.75, 3.05) is 5.32 Å². The lowest BCUT2D eigenvalue weighted by Gasteiger charge is -2.12. The van der Waals surface area contributed by atoms with E-state index in [-0.39, 0.29) is 23.4 Å². The number of rotatable bonds is 7. The molecule has 1 N–H and O–H groups in total. The summed E-state index contributed by atoms with van der Waals surface area (Å²) in [6.45, 7) is -0.182. The first kappa shape index (κ1) is 21.2. The number of amides is 1. The van der Waals surface area contributed by atoms with Crippen molar-refractivity contribution in [3.8, 4) is 0 Å². The Bertz CT molecular complexity index is 1070. The van der Waals surface area contributed by atoms with Crippen LogP contribution in [0.4, 0.5) is 14.5 Å². The normalized spacial score (nSPS) is 13.6. The Morgan fingerprint density at radius 2 is 1.87 bits per heavy atom. The van der Waals surface area contributed by atoms with E-state index < -0.39 is 12.1 Å². The third kappa shape index (κ3) is 4.79. The number of hydrogen-bond donors (Lipinski definition) is 1. The van der Waals surface area contributed by atoms with Crippen LogP contribution < -0.4 is 5.32 Å². The molecule has 1 saturated carbocycles. The van der Waals surface area contributed by atoms with E-state index in [1.807, 2.05) is 30.3 Å². The molecule has 0 atom stereocenters. The van der Waals surface area contributed by atoms with Gasteiger partial charge in [0.05, 0.1) is 16.4 Å². The van der Waals surface area contributed by atoms with Crippen molar-refractivity contribution in [3.05, 3.63) is 70.0 Å². The van der Waals surface area contributed by atoms with Crippen molar-refractivity contribution < 1.29 is 13.6 Å². The van der Waals surface area contributed by atoms with E-state index in [9.17, 15) is 13.6 Å². The minimum absolute atomic E-state index is 0.0287. The first-order valence-electron chi connectivity index (χ1n) is 9.29. The maximum Gasteiger partial charge on any atom is 0.283 e. The summed E-state index contributed by atoms with van der Waals surface area (Å²) in [4.78, 5) is 14.5.